The Hall–Kier alpha value is -0.0400. The first-order valence-corrected chi connectivity index (χ1v) is 7.70. The zero-order valence-corrected chi connectivity index (χ0v) is 15.9. The SMILES string of the molecule is CCC(CC)CNC(=NC)N(C)CCOCC1CC1.I. The van der Waals surface area contributed by atoms with E-state index in [4.69, 9.17) is 4.74 Å². The largest absolute Gasteiger partial charge is 0.379 e. The summed E-state index contributed by atoms with van der Waals surface area (Å²) in [4.78, 5) is 6.48. The molecule has 0 aromatic carbocycles. The molecule has 0 amide bonds. The van der Waals surface area contributed by atoms with Gasteiger partial charge in [0.2, 0.25) is 0 Å². The van der Waals surface area contributed by atoms with Crippen molar-refractivity contribution in [3.05, 3.63) is 0 Å². The van der Waals surface area contributed by atoms with E-state index in [1.807, 2.05) is 7.05 Å². The van der Waals surface area contributed by atoms with Gasteiger partial charge < -0.3 is 15.0 Å². The molecule has 1 fully saturated rings. The number of aliphatic imine (C=N–C) groups is 1. The lowest BCUT2D eigenvalue weighted by Crippen LogP contribution is -2.42. The minimum Gasteiger partial charge on any atom is -0.379 e. The van der Waals surface area contributed by atoms with E-state index in [0.717, 1.165) is 44.1 Å². The van der Waals surface area contributed by atoms with Crippen molar-refractivity contribution >= 4 is 29.9 Å². The van der Waals surface area contributed by atoms with Gasteiger partial charge in [0.15, 0.2) is 5.96 Å². The third kappa shape index (κ3) is 8.29. The van der Waals surface area contributed by atoms with E-state index >= 15 is 0 Å². The Bertz CT molecular complexity index is 266. The summed E-state index contributed by atoms with van der Waals surface area (Å²) in [6, 6.07) is 0. The molecule has 1 aliphatic carbocycles. The Morgan fingerprint density at radius 3 is 2.50 bits per heavy atom. The van der Waals surface area contributed by atoms with E-state index in [0.29, 0.717) is 0 Å². The van der Waals surface area contributed by atoms with Gasteiger partial charge in [-0.05, 0) is 24.7 Å². The third-order valence-electron chi connectivity index (χ3n) is 3.90. The van der Waals surface area contributed by atoms with Crippen molar-refractivity contribution in [2.75, 3.05) is 40.4 Å². The third-order valence-corrected chi connectivity index (χ3v) is 3.90. The lowest BCUT2D eigenvalue weighted by atomic mass is 10.0. The van der Waals surface area contributed by atoms with Crippen molar-refractivity contribution in [1.82, 2.24) is 10.2 Å². The van der Waals surface area contributed by atoms with Crippen LogP contribution in [0.25, 0.3) is 0 Å². The van der Waals surface area contributed by atoms with Crippen LogP contribution in [0.3, 0.4) is 0 Å². The summed E-state index contributed by atoms with van der Waals surface area (Å²) in [5.41, 5.74) is 0. The summed E-state index contributed by atoms with van der Waals surface area (Å²) in [5, 5.41) is 3.45. The van der Waals surface area contributed by atoms with E-state index < -0.39 is 0 Å². The van der Waals surface area contributed by atoms with Crippen molar-refractivity contribution < 1.29 is 4.74 Å². The highest BCUT2D eigenvalue weighted by atomic mass is 127. The Labute approximate surface area is 141 Å². The van der Waals surface area contributed by atoms with Gasteiger partial charge in [-0.25, -0.2) is 0 Å². The van der Waals surface area contributed by atoms with Crippen LogP contribution in [0.1, 0.15) is 39.5 Å². The highest BCUT2D eigenvalue weighted by molar-refractivity contribution is 14.0. The van der Waals surface area contributed by atoms with Crippen molar-refractivity contribution in [3.63, 3.8) is 0 Å². The Morgan fingerprint density at radius 2 is 2.00 bits per heavy atom. The van der Waals surface area contributed by atoms with Crippen LogP contribution in [0, 0.1) is 11.8 Å². The molecule has 0 atom stereocenters. The van der Waals surface area contributed by atoms with E-state index in [1.54, 1.807) is 0 Å². The molecular formula is C15H32IN3O. The molecule has 5 heteroatoms. The molecule has 1 aliphatic rings. The van der Waals surface area contributed by atoms with Gasteiger partial charge in [0.25, 0.3) is 0 Å². The van der Waals surface area contributed by atoms with Crippen LogP contribution >= 0.6 is 24.0 Å². The molecule has 0 bridgehead atoms. The number of nitrogens with zero attached hydrogens (tertiary/aromatic N) is 2. The van der Waals surface area contributed by atoms with Gasteiger partial charge in [-0.1, -0.05) is 26.7 Å². The fourth-order valence-corrected chi connectivity index (χ4v) is 2.04. The van der Waals surface area contributed by atoms with Crippen molar-refractivity contribution in [2.45, 2.75) is 39.5 Å². The molecule has 20 heavy (non-hydrogen) atoms. The number of hydrogen-bond donors (Lipinski definition) is 1. The number of likely N-dealkylation sites (N-methyl/N-ethyl adjacent to an activating group) is 1. The van der Waals surface area contributed by atoms with Gasteiger partial charge in [0.1, 0.15) is 0 Å². The van der Waals surface area contributed by atoms with Gasteiger partial charge in [-0.3, -0.25) is 4.99 Å². The van der Waals surface area contributed by atoms with Crippen LogP contribution in [0.15, 0.2) is 4.99 Å². The summed E-state index contributed by atoms with van der Waals surface area (Å²) >= 11 is 0. The fourth-order valence-electron chi connectivity index (χ4n) is 2.04. The van der Waals surface area contributed by atoms with E-state index in [1.165, 1.54) is 25.7 Å². The molecule has 0 unspecified atom stereocenters. The molecule has 0 saturated heterocycles. The second-order valence-electron chi connectivity index (χ2n) is 5.55. The molecule has 1 saturated carbocycles. The molecule has 1 N–H and O–H groups in total. The Morgan fingerprint density at radius 1 is 1.35 bits per heavy atom. The number of ether oxygens (including phenoxy) is 1. The number of halogens is 1. The van der Waals surface area contributed by atoms with Crippen LogP contribution in [0.5, 0.6) is 0 Å². The molecule has 4 nitrogen and oxygen atoms in total. The first-order chi connectivity index (χ1) is 9.21. The molecule has 0 radical (unpaired) electrons. The van der Waals surface area contributed by atoms with E-state index in [2.05, 4.69) is 36.1 Å². The zero-order valence-electron chi connectivity index (χ0n) is 13.5. The van der Waals surface area contributed by atoms with Gasteiger partial charge in [-0.15, -0.1) is 24.0 Å². The van der Waals surface area contributed by atoms with E-state index in [-0.39, 0.29) is 24.0 Å². The summed E-state index contributed by atoms with van der Waals surface area (Å²) in [6.45, 7) is 8.12. The minimum absolute atomic E-state index is 0. The number of hydrogen-bond acceptors (Lipinski definition) is 2. The smallest absolute Gasteiger partial charge is 0.193 e. The van der Waals surface area contributed by atoms with Gasteiger partial charge >= 0.3 is 0 Å². The van der Waals surface area contributed by atoms with Crippen molar-refractivity contribution in [2.24, 2.45) is 16.8 Å². The lowest BCUT2D eigenvalue weighted by Gasteiger charge is -2.24. The quantitative estimate of drug-likeness (QED) is 0.281. The van der Waals surface area contributed by atoms with Crippen LogP contribution in [-0.4, -0.2) is 51.3 Å². The van der Waals surface area contributed by atoms with Crippen molar-refractivity contribution in [3.8, 4) is 0 Å². The molecule has 0 aromatic rings. The highest BCUT2D eigenvalue weighted by Crippen LogP contribution is 2.28. The lowest BCUT2D eigenvalue weighted by molar-refractivity contribution is 0.115. The first-order valence-electron chi connectivity index (χ1n) is 7.70. The summed E-state index contributed by atoms with van der Waals surface area (Å²) in [6.07, 6.45) is 5.15. The number of rotatable bonds is 9. The maximum Gasteiger partial charge on any atom is 0.193 e. The average molecular weight is 397 g/mol. The first kappa shape index (κ1) is 20.0. The van der Waals surface area contributed by atoms with Gasteiger partial charge in [0.05, 0.1) is 6.61 Å². The fraction of sp³-hybridized carbons (Fsp3) is 0.933. The zero-order chi connectivity index (χ0) is 14.1. The van der Waals surface area contributed by atoms with Crippen molar-refractivity contribution in [1.29, 1.82) is 0 Å². The van der Waals surface area contributed by atoms with Gasteiger partial charge in [0, 0.05) is 33.8 Å². The van der Waals surface area contributed by atoms with Crippen LogP contribution in [0.2, 0.25) is 0 Å². The summed E-state index contributed by atoms with van der Waals surface area (Å²) in [5.74, 6) is 2.55. The normalized spacial score (nSPS) is 15.2. The molecular weight excluding hydrogens is 365 g/mol. The molecule has 1 rings (SSSR count). The minimum atomic E-state index is 0. The molecule has 0 heterocycles. The summed E-state index contributed by atoms with van der Waals surface area (Å²) < 4.78 is 5.67. The predicted molar refractivity (Wildman–Crippen MR) is 97.0 cm³/mol. The Kier molecular flexibility index (Phi) is 11.6. The second-order valence-corrected chi connectivity index (χ2v) is 5.55. The number of nitrogens with one attached hydrogen (secondary N) is 1. The van der Waals surface area contributed by atoms with Crippen LogP contribution in [-0.2, 0) is 4.74 Å². The molecule has 0 aromatic heterocycles. The summed E-state index contributed by atoms with van der Waals surface area (Å²) in [7, 11) is 3.92. The maximum absolute atomic E-state index is 5.67. The number of guanidine groups is 1. The van der Waals surface area contributed by atoms with Crippen LogP contribution in [0.4, 0.5) is 0 Å². The van der Waals surface area contributed by atoms with E-state index in [9.17, 15) is 0 Å². The molecule has 0 spiro atoms. The monoisotopic (exact) mass is 397 g/mol. The standard InChI is InChI=1S/C15H31N3O.HI/c1-5-13(6-2)11-17-15(16-3)18(4)9-10-19-12-14-7-8-14;/h13-14H,5-12H2,1-4H3,(H,16,17);1H. The average Bonchev–Trinajstić information content (AvgIpc) is 3.24. The van der Waals surface area contributed by atoms with Crippen LogP contribution < -0.4 is 5.32 Å². The topological polar surface area (TPSA) is 36.9 Å². The highest BCUT2D eigenvalue weighted by Gasteiger charge is 2.21. The van der Waals surface area contributed by atoms with Gasteiger partial charge in [-0.2, -0.15) is 0 Å². The maximum atomic E-state index is 5.67. The Balaban J connectivity index is 0.00000361. The molecule has 0 aliphatic heterocycles. The molecule has 120 valence electrons. The predicted octanol–water partition coefficient (Wildman–Crippen LogP) is 2.97. The second kappa shape index (κ2) is 11.6.